The second-order valence-corrected chi connectivity index (χ2v) is 3.30. The Morgan fingerprint density at radius 3 is 2.60 bits per heavy atom. The van der Waals surface area contributed by atoms with Crippen LogP contribution in [0.15, 0.2) is 12.7 Å². The topological polar surface area (TPSA) is 83.6 Å². The summed E-state index contributed by atoms with van der Waals surface area (Å²) in [5.74, 6) is -1.38. The summed E-state index contributed by atoms with van der Waals surface area (Å²) in [7, 11) is 0. The van der Waals surface area contributed by atoms with Crippen LogP contribution >= 0.6 is 0 Å². The van der Waals surface area contributed by atoms with Crippen molar-refractivity contribution in [3.8, 4) is 0 Å². The molecule has 0 radical (unpaired) electrons. The van der Waals surface area contributed by atoms with E-state index in [0.717, 1.165) is 6.42 Å². The van der Waals surface area contributed by atoms with Crippen molar-refractivity contribution in [3.63, 3.8) is 0 Å². The van der Waals surface area contributed by atoms with Crippen LogP contribution in [0.3, 0.4) is 0 Å². The first-order valence-corrected chi connectivity index (χ1v) is 4.90. The minimum absolute atomic E-state index is 0.211. The number of carboxylic acid groups (broad SMARTS) is 1. The lowest BCUT2D eigenvalue weighted by Gasteiger charge is -2.22. The number of nitrogens with zero attached hydrogens (tertiary/aromatic N) is 1. The summed E-state index contributed by atoms with van der Waals surface area (Å²) in [5, 5.41) is 8.60. The zero-order chi connectivity index (χ0) is 11.8. The van der Waals surface area contributed by atoms with E-state index >= 15 is 0 Å². The molecule has 3 N–H and O–H groups in total. The Labute approximate surface area is 89.6 Å². The number of hydrogen-bond donors (Lipinski definition) is 2. The number of carbonyl (C=O) groups excluding carboxylic acids is 1. The minimum Gasteiger partial charge on any atom is -0.480 e. The molecule has 0 aliphatic carbocycles. The summed E-state index contributed by atoms with van der Waals surface area (Å²) < 4.78 is 0. The molecule has 0 saturated heterocycles. The highest BCUT2D eigenvalue weighted by atomic mass is 16.4. The zero-order valence-electron chi connectivity index (χ0n) is 8.98. The van der Waals surface area contributed by atoms with Gasteiger partial charge in [-0.1, -0.05) is 19.4 Å². The van der Waals surface area contributed by atoms with Crippen molar-refractivity contribution in [3.05, 3.63) is 12.7 Å². The lowest BCUT2D eigenvalue weighted by atomic mass is 10.1. The maximum absolute atomic E-state index is 11.6. The number of aliphatic carboxylic acids is 1. The van der Waals surface area contributed by atoms with Crippen LogP contribution in [-0.4, -0.2) is 41.0 Å². The van der Waals surface area contributed by atoms with E-state index < -0.39 is 12.0 Å². The van der Waals surface area contributed by atoms with Gasteiger partial charge in [0.1, 0.15) is 6.54 Å². The predicted octanol–water partition coefficient (Wildman–Crippen LogP) is 0.213. The van der Waals surface area contributed by atoms with Gasteiger partial charge in [-0.25, -0.2) is 0 Å². The van der Waals surface area contributed by atoms with Gasteiger partial charge < -0.3 is 15.7 Å². The van der Waals surface area contributed by atoms with Crippen molar-refractivity contribution in [2.45, 2.75) is 25.8 Å². The summed E-state index contributed by atoms with van der Waals surface area (Å²) in [6.45, 7) is 5.27. The standard InChI is InChI=1S/C10H18N2O3/c1-3-5-8(11)10(15)12(6-4-2)7-9(13)14/h4,8H,2-3,5-7,11H2,1H3,(H,13,14). The second kappa shape index (κ2) is 7.00. The average molecular weight is 214 g/mol. The third-order valence-corrected chi connectivity index (χ3v) is 1.90. The number of carboxylic acids is 1. The van der Waals surface area contributed by atoms with Crippen LogP contribution in [0.5, 0.6) is 0 Å². The van der Waals surface area contributed by atoms with Crippen molar-refractivity contribution in [2.24, 2.45) is 5.73 Å². The number of amides is 1. The number of carbonyl (C=O) groups is 2. The van der Waals surface area contributed by atoms with Crippen molar-refractivity contribution in [1.29, 1.82) is 0 Å². The molecule has 0 saturated carbocycles. The van der Waals surface area contributed by atoms with E-state index in [1.54, 1.807) is 0 Å². The van der Waals surface area contributed by atoms with Crippen molar-refractivity contribution >= 4 is 11.9 Å². The first kappa shape index (κ1) is 13.6. The molecule has 86 valence electrons. The van der Waals surface area contributed by atoms with Gasteiger partial charge in [0.05, 0.1) is 6.04 Å². The molecule has 0 spiro atoms. The van der Waals surface area contributed by atoms with E-state index in [9.17, 15) is 9.59 Å². The van der Waals surface area contributed by atoms with Gasteiger partial charge in [-0.3, -0.25) is 9.59 Å². The smallest absolute Gasteiger partial charge is 0.323 e. The highest BCUT2D eigenvalue weighted by Crippen LogP contribution is 2.00. The predicted molar refractivity (Wildman–Crippen MR) is 57.3 cm³/mol. The molecule has 0 aliphatic heterocycles. The first-order chi connectivity index (χ1) is 7.02. The van der Waals surface area contributed by atoms with Gasteiger partial charge in [0.25, 0.3) is 0 Å². The van der Waals surface area contributed by atoms with Crippen LogP contribution in [0.1, 0.15) is 19.8 Å². The van der Waals surface area contributed by atoms with Gasteiger partial charge >= 0.3 is 5.97 Å². The van der Waals surface area contributed by atoms with E-state index in [0.29, 0.717) is 6.42 Å². The molecule has 0 aliphatic rings. The quantitative estimate of drug-likeness (QED) is 0.593. The molecular formula is C10H18N2O3. The molecule has 0 aromatic heterocycles. The van der Waals surface area contributed by atoms with Crippen LogP contribution in [0.4, 0.5) is 0 Å². The molecule has 1 amide bonds. The molecule has 0 rings (SSSR count). The molecule has 0 fully saturated rings. The van der Waals surface area contributed by atoms with E-state index in [1.165, 1.54) is 11.0 Å². The Kier molecular flexibility index (Phi) is 6.37. The highest BCUT2D eigenvalue weighted by Gasteiger charge is 2.20. The normalized spacial score (nSPS) is 11.9. The zero-order valence-corrected chi connectivity index (χ0v) is 8.98. The van der Waals surface area contributed by atoms with Gasteiger partial charge in [0, 0.05) is 6.54 Å². The van der Waals surface area contributed by atoms with Crippen LogP contribution in [-0.2, 0) is 9.59 Å². The summed E-state index contributed by atoms with van der Waals surface area (Å²) in [6, 6.07) is -0.616. The van der Waals surface area contributed by atoms with Gasteiger partial charge in [-0.05, 0) is 6.42 Å². The first-order valence-electron chi connectivity index (χ1n) is 4.90. The Hall–Kier alpha value is -1.36. The van der Waals surface area contributed by atoms with Crippen LogP contribution in [0, 0.1) is 0 Å². The van der Waals surface area contributed by atoms with Crippen LogP contribution in [0.25, 0.3) is 0 Å². The molecule has 0 aromatic carbocycles. The third kappa shape index (κ3) is 5.17. The van der Waals surface area contributed by atoms with Gasteiger partial charge in [0.2, 0.25) is 5.91 Å². The van der Waals surface area contributed by atoms with E-state index in [-0.39, 0.29) is 19.0 Å². The molecule has 0 heterocycles. The molecule has 0 bridgehead atoms. The molecule has 1 atom stereocenters. The number of hydrogen-bond acceptors (Lipinski definition) is 3. The third-order valence-electron chi connectivity index (χ3n) is 1.90. The molecule has 1 unspecified atom stereocenters. The molecule has 5 heteroatoms. The highest BCUT2D eigenvalue weighted by molar-refractivity contribution is 5.85. The van der Waals surface area contributed by atoms with Crippen molar-refractivity contribution < 1.29 is 14.7 Å². The summed E-state index contributed by atoms with van der Waals surface area (Å²) in [6.07, 6.45) is 2.84. The fourth-order valence-corrected chi connectivity index (χ4v) is 1.22. The van der Waals surface area contributed by atoms with Crippen LogP contribution < -0.4 is 5.73 Å². The fourth-order valence-electron chi connectivity index (χ4n) is 1.22. The molecule has 5 nitrogen and oxygen atoms in total. The second-order valence-electron chi connectivity index (χ2n) is 3.30. The van der Waals surface area contributed by atoms with E-state index in [2.05, 4.69) is 6.58 Å². The Balaban J connectivity index is 4.39. The molecule has 15 heavy (non-hydrogen) atoms. The number of rotatable bonds is 7. The Morgan fingerprint density at radius 2 is 2.20 bits per heavy atom. The average Bonchev–Trinajstić information content (AvgIpc) is 2.16. The summed E-state index contributed by atoms with van der Waals surface area (Å²) >= 11 is 0. The monoisotopic (exact) mass is 214 g/mol. The van der Waals surface area contributed by atoms with Crippen molar-refractivity contribution in [1.82, 2.24) is 4.90 Å². The van der Waals surface area contributed by atoms with Gasteiger partial charge in [-0.2, -0.15) is 0 Å². The van der Waals surface area contributed by atoms with E-state index in [1.807, 2.05) is 6.92 Å². The van der Waals surface area contributed by atoms with Gasteiger partial charge in [-0.15, -0.1) is 6.58 Å². The molecule has 0 aromatic rings. The fraction of sp³-hybridized carbons (Fsp3) is 0.600. The maximum Gasteiger partial charge on any atom is 0.323 e. The number of nitrogens with two attached hydrogens (primary N) is 1. The largest absolute Gasteiger partial charge is 0.480 e. The molecular weight excluding hydrogens is 196 g/mol. The summed E-state index contributed by atoms with van der Waals surface area (Å²) in [4.78, 5) is 23.3. The Morgan fingerprint density at radius 1 is 1.60 bits per heavy atom. The van der Waals surface area contributed by atoms with E-state index in [4.69, 9.17) is 10.8 Å². The summed E-state index contributed by atoms with van der Waals surface area (Å²) in [5.41, 5.74) is 5.62. The Bertz CT molecular complexity index is 241. The van der Waals surface area contributed by atoms with Crippen molar-refractivity contribution in [2.75, 3.05) is 13.1 Å². The lowest BCUT2D eigenvalue weighted by molar-refractivity contribution is -0.144. The maximum atomic E-state index is 11.6. The lowest BCUT2D eigenvalue weighted by Crippen LogP contribution is -2.45. The van der Waals surface area contributed by atoms with Gasteiger partial charge in [0.15, 0.2) is 0 Å². The minimum atomic E-state index is -1.05. The van der Waals surface area contributed by atoms with Crippen LogP contribution in [0.2, 0.25) is 0 Å². The SMILES string of the molecule is C=CCN(CC(=O)O)C(=O)C(N)CCC.